The maximum Gasteiger partial charge on any atom is 0.341 e. The first-order valence-electron chi connectivity index (χ1n) is 6.01. The molecule has 0 aromatic heterocycles. The van der Waals surface area contributed by atoms with Crippen molar-refractivity contribution in [1.29, 1.82) is 0 Å². The maximum atomic E-state index is 10.3. The van der Waals surface area contributed by atoms with Crippen LogP contribution in [0.2, 0.25) is 0 Å². The van der Waals surface area contributed by atoms with E-state index >= 15 is 0 Å². The first-order chi connectivity index (χ1) is 8.72. The molecule has 0 aliphatic carbocycles. The second-order valence-electron chi connectivity index (χ2n) is 3.96. The van der Waals surface area contributed by atoms with Crippen molar-refractivity contribution in [2.24, 2.45) is 0 Å². The van der Waals surface area contributed by atoms with Crippen LogP contribution in [0.25, 0.3) is 0 Å². The third-order valence-corrected chi connectivity index (χ3v) is 2.40. The van der Waals surface area contributed by atoms with Gasteiger partial charge >= 0.3 is 5.97 Å². The summed E-state index contributed by atoms with van der Waals surface area (Å²) < 4.78 is 5.05. The van der Waals surface area contributed by atoms with Crippen LogP contribution in [0, 0.1) is 0 Å². The number of carboxylic acids is 1. The molecule has 0 spiro atoms. The number of aliphatic carboxylic acids is 1. The molecule has 0 amide bonds. The van der Waals surface area contributed by atoms with E-state index in [2.05, 4.69) is 10.6 Å². The van der Waals surface area contributed by atoms with Crippen molar-refractivity contribution in [2.45, 2.75) is 13.0 Å². The molecule has 1 aromatic rings. The third-order valence-electron chi connectivity index (χ3n) is 2.40. The smallest absolute Gasteiger partial charge is 0.341 e. The Hall–Kier alpha value is -1.59. The number of carbonyl (C=O) groups is 1. The highest BCUT2D eigenvalue weighted by molar-refractivity contribution is 5.68. The summed E-state index contributed by atoms with van der Waals surface area (Å²) in [4.78, 5) is 10.3. The van der Waals surface area contributed by atoms with Gasteiger partial charge < -0.3 is 20.5 Å². The van der Waals surface area contributed by atoms with Crippen molar-refractivity contribution in [3.8, 4) is 5.75 Å². The third kappa shape index (κ3) is 6.22. The lowest BCUT2D eigenvalue weighted by molar-refractivity contribution is -0.139. The number of ether oxygens (including phenoxy) is 1. The predicted octanol–water partition coefficient (Wildman–Crippen LogP) is 0.849. The van der Waals surface area contributed by atoms with E-state index in [0.717, 1.165) is 31.6 Å². The minimum absolute atomic E-state index is 0.304. The molecule has 5 nitrogen and oxygen atoms in total. The van der Waals surface area contributed by atoms with E-state index in [1.807, 2.05) is 19.2 Å². The predicted molar refractivity (Wildman–Crippen MR) is 69.8 cm³/mol. The lowest BCUT2D eigenvalue weighted by atomic mass is 10.2. The number of carboxylic acid groups (broad SMARTS) is 1. The Morgan fingerprint density at radius 2 is 2.00 bits per heavy atom. The number of benzene rings is 1. The summed E-state index contributed by atoms with van der Waals surface area (Å²) in [6.45, 7) is 2.48. The molecule has 0 atom stereocenters. The molecule has 0 bridgehead atoms. The van der Waals surface area contributed by atoms with Crippen LogP contribution in [0.5, 0.6) is 5.75 Å². The minimum atomic E-state index is -0.967. The Balaban J connectivity index is 2.25. The van der Waals surface area contributed by atoms with Gasteiger partial charge in [-0.25, -0.2) is 4.79 Å². The fourth-order valence-electron chi connectivity index (χ4n) is 1.47. The van der Waals surface area contributed by atoms with Gasteiger partial charge in [0.1, 0.15) is 5.75 Å². The molecular formula is C13H20N2O3. The first kappa shape index (κ1) is 14.5. The number of rotatable bonds is 9. The Morgan fingerprint density at radius 3 is 2.61 bits per heavy atom. The van der Waals surface area contributed by atoms with Crippen molar-refractivity contribution < 1.29 is 14.6 Å². The van der Waals surface area contributed by atoms with Crippen LogP contribution >= 0.6 is 0 Å². The molecule has 18 heavy (non-hydrogen) atoms. The van der Waals surface area contributed by atoms with Crippen molar-refractivity contribution in [3.05, 3.63) is 29.8 Å². The summed E-state index contributed by atoms with van der Waals surface area (Å²) in [7, 11) is 1.94. The first-order valence-corrected chi connectivity index (χ1v) is 6.01. The van der Waals surface area contributed by atoms with Crippen LogP contribution in [0.4, 0.5) is 0 Å². The average molecular weight is 252 g/mol. The molecular weight excluding hydrogens is 232 g/mol. The second kappa shape index (κ2) is 8.49. The van der Waals surface area contributed by atoms with Gasteiger partial charge in [-0.15, -0.1) is 0 Å². The van der Waals surface area contributed by atoms with E-state index in [0.29, 0.717) is 5.75 Å². The fourth-order valence-corrected chi connectivity index (χ4v) is 1.47. The molecule has 5 heteroatoms. The highest BCUT2D eigenvalue weighted by Crippen LogP contribution is 2.11. The molecule has 1 aromatic carbocycles. The van der Waals surface area contributed by atoms with E-state index in [-0.39, 0.29) is 6.61 Å². The van der Waals surface area contributed by atoms with Crippen molar-refractivity contribution >= 4 is 5.97 Å². The Bertz CT molecular complexity index is 352. The number of hydrogen-bond donors (Lipinski definition) is 3. The van der Waals surface area contributed by atoms with Gasteiger partial charge in [-0.05, 0) is 44.3 Å². The van der Waals surface area contributed by atoms with Gasteiger partial charge in [-0.1, -0.05) is 12.1 Å². The van der Waals surface area contributed by atoms with E-state index < -0.39 is 5.97 Å². The molecule has 0 unspecified atom stereocenters. The standard InChI is InChI=1S/C13H20N2O3/c1-14-7-2-8-15-9-11-3-5-12(6-4-11)18-10-13(16)17/h3-6,14-15H,2,7-10H2,1H3,(H,16,17). The highest BCUT2D eigenvalue weighted by Gasteiger charge is 1.99. The molecule has 0 saturated heterocycles. The Labute approximate surface area is 107 Å². The molecule has 0 fully saturated rings. The second-order valence-corrected chi connectivity index (χ2v) is 3.96. The molecule has 100 valence electrons. The van der Waals surface area contributed by atoms with E-state index in [4.69, 9.17) is 9.84 Å². The van der Waals surface area contributed by atoms with E-state index in [1.54, 1.807) is 12.1 Å². The summed E-state index contributed by atoms with van der Waals surface area (Å²) >= 11 is 0. The molecule has 0 heterocycles. The van der Waals surface area contributed by atoms with E-state index in [9.17, 15) is 4.79 Å². The summed E-state index contributed by atoms with van der Waals surface area (Å²) in [5.41, 5.74) is 1.15. The van der Waals surface area contributed by atoms with Crippen LogP contribution in [-0.2, 0) is 11.3 Å². The van der Waals surface area contributed by atoms with Crippen molar-refractivity contribution in [3.63, 3.8) is 0 Å². The van der Waals surface area contributed by atoms with Gasteiger partial charge in [-0.2, -0.15) is 0 Å². The number of hydrogen-bond acceptors (Lipinski definition) is 4. The molecule has 0 aliphatic rings. The lowest BCUT2D eigenvalue weighted by Gasteiger charge is -2.06. The van der Waals surface area contributed by atoms with Gasteiger partial charge in [-0.3, -0.25) is 0 Å². The summed E-state index contributed by atoms with van der Waals surface area (Å²) in [6.07, 6.45) is 1.09. The zero-order chi connectivity index (χ0) is 13.2. The fraction of sp³-hybridized carbons (Fsp3) is 0.462. The van der Waals surface area contributed by atoms with E-state index in [1.165, 1.54) is 0 Å². The lowest BCUT2D eigenvalue weighted by Crippen LogP contribution is -2.19. The SMILES string of the molecule is CNCCCNCc1ccc(OCC(=O)O)cc1. The normalized spacial score (nSPS) is 10.3. The van der Waals surface area contributed by atoms with Crippen LogP contribution in [0.1, 0.15) is 12.0 Å². The summed E-state index contributed by atoms with van der Waals surface area (Å²) in [5.74, 6) is -0.387. The Morgan fingerprint density at radius 1 is 1.28 bits per heavy atom. The van der Waals surface area contributed by atoms with Gasteiger partial charge in [0.15, 0.2) is 6.61 Å². The van der Waals surface area contributed by atoms with Crippen LogP contribution in [0.15, 0.2) is 24.3 Å². The molecule has 3 N–H and O–H groups in total. The quantitative estimate of drug-likeness (QED) is 0.568. The summed E-state index contributed by atoms with van der Waals surface area (Å²) in [5, 5.41) is 14.9. The molecule has 0 radical (unpaired) electrons. The van der Waals surface area contributed by atoms with Gasteiger partial charge in [0, 0.05) is 6.54 Å². The Kier molecular flexibility index (Phi) is 6.83. The van der Waals surface area contributed by atoms with Gasteiger partial charge in [0.2, 0.25) is 0 Å². The maximum absolute atomic E-state index is 10.3. The highest BCUT2D eigenvalue weighted by atomic mass is 16.5. The van der Waals surface area contributed by atoms with Crippen molar-refractivity contribution in [1.82, 2.24) is 10.6 Å². The monoisotopic (exact) mass is 252 g/mol. The molecule has 0 aliphatic heterocycles. The zero-order valence-electron chi connectivity index (χ0n) is 10.6. The number of nitrogens with one attached hydrogen (secondary N) is 2. The minimum Gasteiger partial charge on any atom is -0.482 e. The van der Waals surface area contributed by atoms with Crippen molar-refractivity contribution in [2.75, 3.05) is 26.7 Å². The molecule has 1 rings (SSSR count). The summed E-state index contributed by atoms with van der Waals surface area (Å²) in [6, 6.07) is 7.44. The van der Waals surface area contributed by atoms with Crippen LogP contribution in [0.3, 0.4) is 0 Å². The van der Waals surface area contributed by atoms with Crippen LogP contribution < -0.4 is 15.4 Å². The van der Waals surface area contributed by atoms with Gasteiger partial charge in [0.25, 0.3) is 0 Å². The zero-order valence-corrected chi connectivity index (χ0v) is 10.6. The average Bonchev–Trinajstić information content (AvgIpc) is 2.37. The van der Waals surface area contributed by atoms with Gasteiger partial charge in [0.05, 0.1) is 0 Å². The van der Waals surface area contributed by atoms with Crippen LogP contribution in [-0.4, -0.2) is 37.8 Å². The molecule has 0 saturated carbocycles. The topological polar surface area (TPSA) is 70.6 Å². The largest absolute Gasteiger partial charge is 0.482 e.